The molecule has 3 heterocycles. The van der Waals surface area contributed by atoms with Crippen molar-refractivity contribution in [3.8, 4) is 5.95 Å². The molecule has 1 atom stereocenters. The van der Waals surface area contributed by atoms with Gasteiger partial charge in [0.1, 0.15) is 0 Å². The molecule has 1 aliphatic heterocycles. The monoisotopic (exact) mass is 361 g/mol. The Kier molecular flexibility index (Phi) is 5.61. The predicted molar refractivity (Wildman–Crippen MR) is 108 cm³/mol. The normalized spacial score (nSPS) is 18.1. The Bertz CT molecular complexity index is 830. The molecule has 4 rings (SSSR count). The zero-order chi connectivity index (χ0) is 18.5. The summed E-state index contributed by atoms with van der Waals surface area (Å²) >= 11 is 0. The third-order valence-corrected chi connectivity index (χ3v) is 5.37. The number of rotatable bonds is 6. The van der Waals surface area contributed by atoms with Gasteiger partial charge in [0.15, 0.2) is 0 Å². The third-order valence-electron chi connectivity index (χ3n) is 5.37. The van der Waals surface area contributed by atoms with E-state index < -0.39 is 0 Å². The van der Waals surface area contributed by atoms with E-state index in [0.717, 1.165) is 32.1 Å². The van der Waals surface area contributed by atoms with Crippen LogP contribution in [-0.4, -0.2) is 50.5 Å². The lowest BCUT2D eigenvalue weighted by Gasteiger charge is -2.37. The van der Waals surface area contributed by atoms with Crippen LogP contribution in [-0.2, 0) is 13.1 Å². The maximum absolute atomic E-state index is 4.39. The van der Waals surface area contributed by atoms with Crippen molar-refractivity contribution in [1.29, 1.82) is 0 Å². The predicted octanol–water partition coefficient (Wildman–Crippen LogP) is 3.36. The van der Waals surface area contributed by atoms with Crippen LogP contribution in [0.25, 0.3) is 5.95 Å². The van der Waals surface area contributed by atoms with Gasteiger partial charge >= 0.3 is 0 Å². The average Bonchev–Trinajstić information content (AvgIpc) is 3.18. The van der Waals surface area contributed by atoms with Gasteiger partial charge in [-0.25, -0.2) is 9.97 Å². The summed E-state index contributed by atoms with van der Waals surface area (Å²) in [5, 5.41) is 0. The Morgan fingerprint density at radius 3 is 2.67 bits per heavy atom. The zero-order valence-electron chi connectivity index (χ0n) is 15.9. The van der Waals surface area contributed by atoms with Crippen LogP contribution in [0.15, 0.2) is 67.1 Å². The number of likely N-dealkylation sites (N-methyl/N-ethyl adjacent to an activating group) is 1. The highest BCUT2D eigenvalue weighted by molar-refractivity contribution is 5.20. The molecule has 1 aromatic carbocycles. The van der Waals surface area contributed by atoms with Crippen LogP contribution in [0, 0.1) is 0 Å². The first-order valence-electron chi connectivity index (χ1n) is 9.70. The van der Waals surface area contributed by atoms with Gasteiger partial charge in [-0.05, 0) is 50.2 Å². The number of hydrogen-bond donors (Lipinski definition) is 0. The summed E-state index contributed by atoms with van der Waals surface area (Å²) in [6, 6.07) is 17.4. The van der Waals surface area contributed by atoms with Gasteiger partial charge < -0.3 is 0 Å². The second-order valence-electron chi connectivity index (χ2n) is 7.35. The van der Waals surface area contributed by atoms with Gasteiger partial charge in [0.2, 0.25) is 5.95 Å². The number of nitrogens with zero attached hydrogens (tertiary/aromatic N) is 5. The van der Waals surface area contributed by atoms with Crippen molar-refractivity contribution in [3.05, 3.63) is 78.4 Å². The minimum Gasteiger partial charge on any atom is -0.298 e. The summed E-state index contributed by atoms with van der Waals surface area (Å²) < 4.78 is 2.09. The Balaban J connectivity index is 1.40. The van der Waals surface area contributed by atoms with E-state index in [1.807, 2.05) is 12.3 Å². The molecule has 5 nitrogen and oxygen atoms in total. The number of piperidine rings is 1. The number of aromatic nitrogens is 3. The molecule has 1 aliphatic rings. The fourth-order valence-corrected chi connectivity index (χ4v) is 3.92. The van der Waals surface area contributed by atoms with E-state index in [2.05, 4.69) is 73.8 Å². The minimum absolute atomic E-state index is 0.593. The lowest BCUT2D eigenvalue weighted by molar-refractivity contribution is 0.106. The van der Waals surface area contributed by atoms with Crippen LogP contribution in [0.4, 0.5) is 0 Å². The summed E-state index contributed by atoms with van der Waals surface area (Å²) in [6.07, 6.45) is 8.14. The fraction of sp³-hybridized carbons (Fsp3) is 0.364. The summed E-state index contributed by atoms with van der Waals surface area (Å²) in [6.45, 7) is 4.19. The minimum atomic E-state index is 0.593. The van der Waals surface area contributed by atoms with Gasteiger partial charge in [-0.3, -0.25) is 14.4 Å². The van der Waals surface area contributed by atoms with Crippen molar-refractivity contribution in [2.75, 3.05) is 20.1 Å². The molecule has 140 valence electrons. The van der Waals surface area contributed by atoms with Crippen LogP contribution in [0.2, 0.25) is 0 Å². The van der Waals surface area contributed by atoms with Gasteiger partial charge in [-0.1, -0.05) is 30.3 Å². The van der Waals surface area contributed by atoms with Crippen LogP contribution in [0.1, 0.15) is 24.1 Å². The van der Waals surface area contributed by atoms with Crippen LogP contribution in [0.3, 0.4) is 0 Å². The molecule has 0 radical (unpaired) electrons. The van der Waals surface area contributed by atoms with Crippen LogP contribution in [0.5, 0.6) is 0 Å². The Labute approximate surface area is 161 Å². The SMILES string of the molecule is CN(Cc1ccccc1)C1CCCN(Cc2cccn2-c2ncccn2)C1. The van der Waals surface area contributed by atoms with Crippen molar-refractivity contribution in [2.24, 2.45) is 0 Å². The van der Waals surface area contributed by atoms with Gasteiger partial charge in [-0.15, -0.1) is 0 Å². The van der Waals surface area contributed by atoms with Gasteiger partial charge in [0, 0.05) is 50.0 Å². The number of hydrogen-bond acceptors (Lipinski definition) is 4. The molecule has 3 aromatic rings. The summed E-state index contributed by atoms with van der Waals surface area (Å²) in [5.41, 5.74) is 2.62. The highest BCUT2D eigenvalue weighted by Crippen LogP contribution is 2.20. The van der Waals surface area contributed by atoms with E-state index >= 15 is 0 Å². The second-order valence-corrected chi connectivity index (χ2v) is 7.35. The van der Waals surface area contributed by atoms with Crippen molar-refractivity contribution >= 4 is 0 Å². The van der Waals surface area contributed by atoms with Gasteiger partial charge in [0.25, 0.3) is 0 Å². The smallest absolute Gasteiger partial charge is 0.233 e. The largest absolute Gasteiger partial charge is 0.298 e. The van der Waals surface area contributed by atoms with Crippen molar-refractivity contribution in [1.82, 2.24) is 24.3 Å². The second kappa shape index (κ2) is 8.46. The maximum Gasteiger partial charge on any atom is 0.233 e. The Morgan fingerprint density at radius 1 is 1.04 bits per heavy atom. The van der Waals surface area contributed by atoms with Crippen molar-refractivity contribution in [3.63, 3.8) is 0 Å². The molecule has 1 saturated heterocycles. The number of likely N-dealkylation sites (tertiary alicyclic amines) is 1. The van der Waals surface area contributed by atoms with Gasteiger partial charge in [-0.2, -0.15) is 0 Å². The maximum atomic E-state index is 4.39. The molecule has 2 aromatic heterocycles. The molecule has 1 unspecified atom stereocenters. The molecular formula is C22H27N5. The molecule has 0 saturated carbocycles. The quantitative estimate of drug-likeness (QED) is 0.675. The molecular weight excluding hydrogens is 334 g/mol. The Morgan fingerprint density at radius 2 is 1.85 bits per heavy atom. The van der Waals surface area contributed by atoms with Crippen LogP contribution < -0.4 is 0 Å². The summed E-state index contributed by atoms with van der Waals surface area (Å²) in [4.78, 5) is 13.8. The fourth-order valence-electron chi connectivity index (χ4n) is 3.92. The third kappa shape index (κ3) is 4.43. The molecule has 5 heteroatoms. The molecule has 1 fully saturated rings. The average molecular weight is 361 g/mol. The van der Waals surface area contributed by atoms with E-state index in [0.29, 0.717) is 6.04 Å². The molecule has 0 aliphatic carbocycles. The van der Waals surface area contributed by atoms with E-state index in [4.69, 9.17) is 0 Å². The van der Waals surface area contributed by atoms with E-state index in [1.54, 1.807) is 12.4 Å². The van der Waals surface area contributed by atoms with Crippen LogP contribution >= 0.6 is 0 Å². The highest BCUT2D eigenvalue weighted by Gasteiger charge is 2.24. The van der Waals surface area contributed by atoms with E-state index in [1.165, 1.54) is 24.1 Å². The summed E-state index contributed by atoms with van der Waals surface area (Å²) in [7, 11) is 2.25. The molecule has 0 N–H and O–H groups in total. The first-order valence-corrected chi connectivity index (χ1v) is 9.70. The highest BCUT2D eigenvalue weighted by atomic mass is 15.2. The zero-order valence-corrected chi connectivity index (χ0v) is 15.9. The standard InChI is InChI=1S/C22H27N5/c1-25(16-19-8-3-2-4-9-19)20-10-5-14-26(17-20)18-21-11-6-15-27(21)22-23-12-7-13-24-22/h2-4,6-9,11-13,15,20H,5,10,14,16-18H2,1H3. The molecule has 0 bridgehead atoms. The van der Waals surface area contributed by atoms with E-state index in [-0.39, 0.29) is 0 Å². The summed E-state index contributed by atoms with van der Waals surface area (Å²) in [5.74, 6) is 0.743. The Hall–Kier alpha value is -2.50. The topological polar surface area (TPSA) is 37.2 Å². The lowest BCUT2D eigenvalue weighted by Crippen LogP contribution is -2.46. The molecule has 27 heavy (non-hydrogen) atoms. The number of benzene rings is 1. The van der Waals surface area contributed by atoms with Crippen molar-refractivity contribution in [2.45, 2.75) is 32.0 Å². The molecule has 0 amide bonds. The first-order chi connectivity index (χ1) is 13.3. The van der Waals surface area contributed by atoms with Gasteiger partial charge in [0.05, 0.1) is 0 Å². The van der Waals surface area contributed by atoms with E-state index in [9.17, 15) is 0 Å². The lowest BCUT2D eigenvalue weighted by atomic mass is 10.0. The first kappa shape index (κ1) is 17.9. The van der Waals surface area contributed by atoms with Crippen molar-refractivity contribution < 1.29 is 0 Å². The molecule has 0 spiro atoms.